The molecule has 1 aliphatic rings. The second-order valence-corrected chi connectivity index (χ2v) is 9.29. The zero-order chi connectivity index (χ0) is 20.2. The van der Waals surface area contributed by atoms with Crippen LogP contribution in [0.15, 0.2) is 63.9 Å². The van der Waals surface area contributed by atoms with Gasteiger partial charge in [-0.3, -0.25) is 4.79 Å². The van der Waals surface area contributed by atoms with E-state index in [4.69, 9.17) is 9.56 Å². The molecule has 7 nitrogen and oxygen atoms in total. The Morgan fingerprint density at radius 1 is 1.14 bits per heavy atom. The van der Waals surface area contributed by atoms with Gasteiger partial charge in [-0.05, 0) is 48.4 Å². The lowest BCUT2D eigenvalue weighted by Crippen LogP contribution is -2.28. The molecule has 146 valence electrons. The number of anilines is 1. The molecule has 0 spiro atoms. The van der Waals surface area contributed by atoms with Crippen LogP contribution in [-0.2, 0) is 16.4 Å². The van der Waals surface area contributed by atoms with Crippen molar-refractivity contribution in [1.29, 1.82) is 0 Å². The SMILES string of the molecule is NS(=O)(=O)c1ccc2c(c1)N(C(=O)c1ccc(-c3nc4ccccc4s3)o1)CC2. The highest BCUT2D eigenvalue weighted by molar-refractivity contribution is 7.89. The third kappa shape index (κ3) is 3.13. The second kappa shape index (κ2) is 6.51. The Balaban J connectivity index is 1.47. The Kier molecular flexibility index (Phi) is 4.05. The van der Waals surface area contributed by atoms with E-state index in [1.54, 1.807) is 18.2 Å². The number of primary sulfonamides is 1. The molecule has 1 aliphatic heterocycles. The van der Waals surface area contributed by atoms with Crippen LogP contribution in [0, 0.1) is 0 Å². The van der Waals surface area contributed by atoms with E-state index in [9.17, 15) is 13.2 Å². The number of hydrogen-bond acceptors (Lipinski definition) is 6. The first-order valence-electron chi connectivity index (χ1n) is 8.83. The largest absolute Gasteiger partial charge is 0.448 e. The second-order valence-electron chi connectivity index (χ2n) is 6.69. The fourth-order valence-corrected chi connectivity index (χ4v) is 4.89. The number of para-hydroxylation sites is 1. The van der Waals surface area contributed by atoms with Crippen molar-refractivity contribution in [2.75, 3.05) is 11.4 Å². The molecule has 5 rings (SSSR count). The number of carbonyl (C=O) groups is 1. The van der Waals surface area contributed by atoms with Crippen LogP contribution in [0.3, 0.4) is 0 Å². The maximum atomic E-state index is 13.0. The fraction of sp³-hybridized carbons (Fsp3) is 0.100. The molecule has 0 saturated carbocycles. The van der Waals surface area contributed by atoms with Gasteiger partial charge in [0.1, 0.15) is 0 Å². The number of nitrogens with two attached hydrogens (primary N) is 1. The minimum Gasteiger partial charge on any atom is -0.448 e. The van der Waals surface area contributed by atoms with Gasteiger partial charge >= 0.3 is 0 Å². The van der Waals surface area contributed by atoms with E-state index >= 15 is 0 Å². The third-order valence-electron chi connectivity index (χ3n) is 4.85. The van der Waals surface area contributed by atoms with Crippen molar-refractivity contribution in [2.45, 2.75) is 11.3 Å². The molecule has 0 fully saturated rings. The van der Waals surface area contributed by atoms with E-state index in [-0.39, 0.29) is 16.6 Å². The van der Waals surface area contributed by atoms with E-state index in [0.717, 1.165) is 15.8 Å². The zero-order valence-electron chi connectivity index (χ0n) is 15.0. The van der Waals surface area contributed by atoms with Crippen LogP contribution in [0.2, 0.25) is 0 Å². The molecule has 2 aromatic carbocycles. The normalized spacial score (nSPS) is 13.8. The number of rotatable bonds is 3. The highest BCUT2D eigenvalue weighted by Crippen LogP contribution is 2.34. The van der Waals surface area contributed by atoms with Crippen molar-refractivity contribution in [3.05, 3.63) is 65.9 Å². The molecule has 0 bridgehead atoms. The molecule has 1 amide bonds. The molecule has 0 atom stereocenters. The van der Waals surface area contributed by atoms with Crippen molar-refractivity contribution in [3.8, 4) is 10.8 Å². The molecule has 2 N–H and O–H groups in total. The van der Waals surface area contributed by atoms with E-state index in [0.29, 0.717) is 29.4 Å². The number of sulfonamides is 1. The molecule has 2 aromatic heterocycles. The van der Waals surface area contributed by atoms with Gasteiger partial charge in [0.25, 0.3) is 5.91 Å². The van der Waals surface area contributed by atoms with Crippen LogP contribution < -0.4 is 10.0 Å². The Hall–Kier alpha value is -3.01. The summed E-state index contributed by atoms with van der Waals surface area (Å²) in [5.41, 5.74) is 2.31. The lowest BCUT2D eigenvalue weighted by Gasteiger charge is -2.16. The van der Waals surface area contributed by atoms with Crippen molar-refractivity contribution < 1.29 is 17.6 Å². The Morgan fingerprint density at radius 3 is 2.76 bits per heavy atom. The minimum atomic E-state index is -3.85. The summed E-state index contributed by atoms with van der Waals surface area (Å²) in [4.78, 5) is 19.1. The van der Waals surface area contributed by atoms with Gasteiger partial charge in [0.05, 0.1) is 15.1 Å². The molecule has 4 aromatic rings. The smallest absolute Gasteiger partial charge is 0.294 e. The van der Waals surface area contributed by atoms with E-state index in [1.807, 2.05) is 24.3 Å². The summed E-state index contributed by atoms with van der Waals surface area (Å²) < 4.78 is 30.2. The summed E-state index contributed by atoms with van der Waals surface area (Å²) in [5, 5.41) is 5.93. The van der Waals surface area contributed by atoms with Gasteiger partial charge in [0, 0.05) is 12.2 Å². The van der Waals surface area contributed by atoms with Crippen LogP contribution >= 0.6 is 11.3 Å². The number of hydrogen-bond donors (Lipinski definition) is 1. The number of fused-ring (bicyclic) bond motifs is 2. The Labute approximate surface area is 170 Å². The summed E-state index contributed by atoms with van der Waals surface area (Å²) >= 11 is 1.49. The lowest BCUT2D eigenvalue weighted by atomic mass is 10.2. The minimum absolute atomic E-state index is 0.0226. The van der Waals surface area contributed by atoms with E-state index in [1.165, 1.54) is 28.4 Å². The molecular weight excluding hydrogens is 410 g/mol. The third-order valence-corrected chi connectivity index (χ3v) is 6.81. The van der Waals surface area contributed by atoms with Gasteiger partial charge in [-0.1, -0.05) is 18.2 Å². The molecule has 0 radical (unpaired) electrons. The average molecular weight is 425 g/mol. The number of benzene rings is 2. The van der Waals surface area contributed by atoms with Gasteiger partial charge in [-0.15, -0.1) is 11.3 Å². The predicted octanol–water partition coefficient (Wildman–Crippen LogP) is 3.41. The number of nitrogens with zero attached hydrogens (tertiary/aromatic N) is 2. The molecule has 0 aliphatic carbocycles. The predicted molar refractivity (Wildman–Crippen MR) is 111 cm³/mol. The topological polar surface area (TPSA) is 106 Å². The maximum Gasteiger partial charge on any atom is 0.294 e. The maximum absolute atomic E-state index is 13.0. The lowest BCUT2D eigenvalue weighted by molar-refractivity contribution is 0.0963. The summed E-state index contributed by atoms with van der Waals surface area (Å²) in [6.45, 7) is 0.444. The molecule has 0 unspecified atom stereocenters. The fourth-order valence-electron chi connectivity index (χ4n) is 3.43. The van der Waals surface area contributed by atoms with Gasteiger partial charge in [-0.25, -0.2) is 18.5 Å². The number of carbonyl (C=O) groups excluding carboxylic acids is 1. The van der Waals surface area contributed by atoms with E-state index < -0.39 is 10.0 Å². The van der Waals surface area contributed by atoms with Crippen LogP contribution in [0.4, 0.5) is 5.69 Å². The summed E-state index contributed by atoms with van der Waals surface area (Å²) in [7, 11) is -3.85. The van der Waals surface area contributed by atoms with Crippen LogP contribution in [0.25, 0.3) is 21.0 Å². The highest BCUT2D eigenvalue weighted by atomic mass is 32.2. The summed E-state index contributed by atoms with van der Waals surface area (Å²) in [6, 6.07) is 15.7. The molecule has 3 heterocycles. The highest BCUT2D eigenvalue weighted by Gasteiger charge is 2.29. The van der Waals surface area contributed by atoms with Crippen molar-refractivity contribution in [2.24, 2.45) is 5.14 Å². The molecular formula is C20H15N3O4S2. The molecule has 29 heavy (non-hydrogen) atoms. The monoisotopic (exact) mass is 425 g/mol. The van der Waals surface area contributed by atoms with Crippen molar-refractivity contribution >= 4 is 43.2 Å². The van der Waals surface area contributed by atoms with Gasteiger partial charge in [0.15, 0.2) is 16.5 Å². The first kappa shape index (κ1) is 18.0. The number of thiazole rings is 1. The summed E-state index contributed by atoms with van der Waals surface area (Å²) in [5.74, 6) is 0.364. The summed E-state index contributed by atoms with van der Waals surface area (Å²) in [6.07, 6.45) is 0.636. The van der Waals surface area contributed by atoms with Gasteiger partial charge in [-0.2, -0.15) is 0 Å². The zero-order valence-corrected chi connectivity index (χ0v) is 16.7. The van der Waals surface area contributed by atoms with Crippen LogP contribution in [-0.4, -0.2) is 25.9 Å². The van der Waals surface area contributed by atoms with Gasteiger partial charge < -0.3 is 9.32 Å². The van der Waals surface area contributed by atoms with Gasteiger partial charge in [0.2, 0.25) is 10.0 Å². The first-order chi connectivity index (χ1) is 13.9. The number of aromatic nitrogens is 1. The standard InChI is InChI=1S/C20H15N3O4S2/c21-29(25,26)13-6-5-12-9-10-23(15(12)11-13)20(24)17-8-7-16(27-17)19-22-14-3-1-2-4-18(14)28-19/h1-8,11H,9-10H2,(H2,21,25,26). The first-order valence-corrected chi connectivity index (χ1v) is 11.2. The van der Waals surface area contributed by atoms with E-state index in [2.05, 4.69) is 4.98 Å². The van der Waals surface area contributed by atoms with Crippen molar-refractivity contribution in [1.82, 2.24) is 4.98 Å². The molecule has 9 heteroatoms. The van der Waals surface area contributed by atoms with Crippen LogP contribution in [0.1, 0.15) is 16.1 Å². The average Bonchev–Trinajstić information content (AvgIpc) is 3.42. The quantitative estimate of drug-likeness (QED) is 0.541. The van der Waals surface area contributed by atoms with Crippen LogP contribution in [0.5, 0.6) is 0 Å². The Bertz CT molecular complexity index is 1340. The van der Waals surface area contributed by atoms with Crippen molar-refractivity contribution in [3.63, 3.8) is 0 Å². The Morgan fingerprint density at radius 2 is 1.97 bits per heavy atom. The number of amides is 1. The number of furan rings is 1. The molecule has 0 saturated heterocycles.